The van der Waals surface area contributed by atoms with Gasteiger partial charge in [-0.2, -0.15) is 13.2 Å². The van der Waals surface area contributed by atoms with Gasteiger partial charge in [-0.15, -0.1) is 0 Å². The number of carbonyl (C=O) groups is 1. The van der Waals surface area contributed by atoms with Crippen molar-refractivity contribution >= 4 is 22.4 Å². The second-order valence-electron chi connectivity index (χ2n) is 7.47. The van der Waals surface area contributed by atoms with Gasteiger partial charge in [-0.3, -0.25) is 9.00 Å². The molecule has 1 aliphatic rings. The number of nitrogens with one attached hydrogen (secondary N) is 1. The maximum Gasteiger partial charge on any atom is 0.427 e. The van der Waals surface area contributed by atoms with E-state index in [1.165, 1.54) is 0 Å². The van der Waals surface area contributed by atoms with Crippen LogP contribution in [0.3, 0.4) is 0 Å². The molecule has 0 heterocycles. The van der Waals surface area contributed by atoms with Crippen LogP contribution in [-0.2, 0) is 27.6 Å². The summed E-state index contributed by atoms with van der Waals surface area (Å²) >= 11 is 0. The molecule has 0 aliphatic heterocycles. The van der Waals surface area contributed by atoms with Crippen LogP contribution in [-0.4, -0.2) is 33.6 Å². The van der Waals surface area contributed by atoms with E-state index in [-0.39, 0.29) is 12.1 Å². The molecular formula is C21H20F5NO3S. The van der Waals surface area contributed by atoms with Gasteiger partial charge in [0.15, 0.2) is 0 Å². The Balaban J connectivity index is 1.61. The summed E-state index contributed by atoms with van der Waals surface area (Å²) in [6, 6.07) is 10.1. The molecule has 3 rings (SSSR count). The van der Waals surface area contributed by atoms with Crippen LogP contribution in [0.4, 0.5) is 27.6 Å². The van der Waals surface area contributed by atoms with E-state index in [4.69, 9.17) is 0 Å². The lowest BCUT2D eigenvalue weighted by molar-refractivity contribution is -0.305. The summed E-state index contributed by atoms with van der Waals surface area (Å²) in [6.45, 7) is 0. The molecule has 2 aromatic carbocycles. The molecule has 0 bridgehead atoms. The first-order valence-corrected chi connectivity index (χ1v) is 10.8. The Bertz CT molecular complexity index is 943. The Kier molecular flexibility index (Phi) is 6.80. The van der Waals surface area contributed by atoms with Crippen LogP contribution in [0.1, 0.15) is 24.0 Å². The smallest absolute Gasteiger partial charge is 0.372 e. The Morgan fingerprint density at radius 1 is 1.06 bits per heavy atom. The van der Waals surface area contributed by atoms with Crippen molar-refractivity contribution in [1.82, 2.24) is 0 Å². The van der Waals surface area contributed by atoms with Crippen LogP contribution in [0.15, 0.2) is 53.4 Å². The summed E-state index contributed by atoms with van der Waals surface area (Å²) in [5.74, 6) is 0.676. The topological polar surface area (TPSA) is 66.4 Å². The van der Waals surface area contributed by atoms with E-state index in [2.05, 4.69) is 5.32 Å². The zero-order valence-corrected chi connectivity index (χ0v) is 17.0. The molecule has 0 aromatic heterocycles. The number of rotatable bonds is 8. The molecule has 0 radical (unpaired) electrons. The molecule has 4 nitrogen and oxygen atoms in total. The lowest BCUT2D eigenvalue weighted by atomic mass is 9.93. The van der Waals surface area contributed by atoms with Gasteiger partial charge in [-0.1, -0.05) is 24.3 Å². The second-order valence-corrected chi connectivity index (χ2v) is 8.96. The van der Waals surface area contributed by atoms with Crippen LogP contribution in [0, 0.1) is 5.92 Å². The summed E-state index contributed by atoms with van der Waals surface area (Å²) in [6.07, 6.45) is -7.48. The molecular weight excluding hydrogens is 441 g/mol. The zero-order valence-electron chi connectivity index (χ0n) is 16.2. The van der Waals surface area contributed by atoms with E-state index in [0.29, 0.717) is 34.3 Å². The third kappa shape index (κ3) is 5.48. The van der Waals surface area contributed by atoms with Gasteiger partial charge in [0, 0.05) is 16.3 Å². The number of amides is 1. The fourth-order valence-corrected chi connectivity index (χ4v) is 4.36. The number of halogens is 5. The van der Waals surface area contributed by atoms with Crippen molar-refractivity contribution in [2.45, 2.75) is 42.4 Å². The fourth-order valence-electron chi connectivity index (χ4n) is 2.97. The Morgan fingerprint density at radius 2 is 1.65 bits per heavy atom. The molecule has 31 heavy (non-hydrogen) atoms. The number of hydrogen-bond donors (Lipinski definition) is 2. The summed E-state index contributed by atoms with van der Waals surface area (Å²) in [5, 5.41) is 12.0. The van der Waals surface area contributed by atoms with Gasteiger partial charge in [-0.05, 0) is 54.2 Å². The van der Waals surface area contributed by atoms with Gasteiger partial charge in [0.25, 0.3) is 6.43 Å². The molecule has 1 aliphatic carbocycles. The van der Waals surface area contributed by atoms with Crippen LogP contribution >= 0.6 is 0 Å². The molecule has 2 aromatic rings. The predicted octanol–water partition coefficient (Wildman–Crippen LogP) is 4.40. The van der Waals surface area contributed by atoms with Crippen molar-refractivity contribution in [2.75, 3.05) is 11.1 Å². The van der Waals surface area contributed by atoms with Crippen LogP contribution in [0.5, 0.6) is 0 Å². The van der Waals surface area contributed by atoms with Crippen molar-refractivity contribution in [2.24, 2.45) is 5.92 Å². The average molecular weight is 461 g/mol. The molecule has 0 saturated heterocycles. The quantitative estimate of drug-likeness (QED) is 0.573. The highest BCUT2D eigenvalue weighted by Crippen LogP contribution is 2.43. The number of benzene rings is 2. The number of anilines is 1. The molecule has 2 N–H and O–H groups in total. The largest absolute Gasteiger partial charge is 0.427 e. The normalized spacial score (nSPS) is 17.3. The lowest BCUT2D eigenvalue weighted by Gasteiger charge is -2.30. The van der Waals surface area contributed by atoms with Crippen molar-refractivity contribution < 1.29 is 36.1 Å². The number of aliphatic hydroxyl groups is 1. The Hall–Kier alpha value is -2.33. The predicted molar refractivity (Wildman–Crippen MR) is 105 cm³/mol. The lowest BCUT2D eigenvalue weighted by Crippen LogP contribution is -2.48. The minimum Gasteiger partial charge on any atom is -0.372 e. The Morgan fingerprint density at radius 3 is 2.13 bits per heavy atom. The molecule has 2 atom stereocenters. The van der Waals surface area contributed by atoms with E-state index in [9.17, 15) is 36.1 Å². The summed E-state index contributed by atoms with van der Waals surface area (Å²) in [7, 11) is -1.08. The van der Waals surface area contributed by atoms with Gasteiger partial charge >= 0.3 is 6.18 Å². The zero-order chi connectivity index (χ0) is 22.8. The summed E-state index contributed by atoms with van der Waals surface area (Å²) in [4.78, 5) is 12.9. The third-order valence-corrected chi connectivity index (χ3v) is 6.56. The molecule has 1 amide bonds. The van der Waals surface area contributed by atoms with Gasteiger partial charge in [0.1, 0.15) is 0 Å². The number of carbonyl (C=O) groups excluding carboxylic acids is 1. The van der Waals surface area contributed by atoms with Crippen molar-refractivity contribution in [3.05, 3.63) is 59.7 Å². The molecule has 2 unspecified atom stereocenters. The molecule has 1 saturated carbocycles. The van der Waals surface area contributed by atoms with E-state index in [1.54, 1.807) is 24.3 Å². The first-order chi connectivity index (χ1) is 14.5. The fraction of sp³-hybridized carbons (Fsp3) is 0.381. The minimum absolute atomic E-state index is 0.0409. The first kappa shape index (κ1) is 23.3. The summed E-state index contributed by atoms with van der Waals surface area (Å²) in [5.41, 5.74) is -4.58. The van der Waals surface area contributed by atoms with Crippen molar-refractivity contribution in [1.29, 1.82) is 0 Å². The SMILES string of the molecule is O=C(Cc1ccc(S(=O)CC2CC2)cc1)Nc1ccc(C(O)(C(F)F)C(F)(F)F)cc1. The van der Waals surface area contributed by atoms with Gasteiger partial charge in [-0.25, -0.2) is 8.78 Å². The second kappa shape index (κ2) is 9.04. The highest BCUT2D eigenvalue weighted by molar-refractivity contribution is 7.85. The van der Waals surface area contributed by atoms with Crippen molar-refractivity contribution in [3.63, 3.8) is 0 Å². The standard InChI is InChI=1S/C21H20F5NO3S/c22-19(23)20(29,21(24,25)26)15-5-7-16(8-6-15)27-18(28)11-13-3-9-17(10-4-13)31(30)12-14-1-2-14/h3-10,14,19,29H,1-2,11-12H2,(H,27,28). The number of alkyl halides is 5. The van der Waals surface area contributed by atoms with Gasteiger partial charge < -0.3 is 10.4 Å². The maximum atomic E-state index is 12.9. The van der Waals surface area contributed by atoms with Gasteiger partial charge in [0.2, 0.25) is 11.5 Å². The van der Waals surface area contributed by atoms with E-state index in [1.807, 2.05) is 0 Å². The Labute approximate surface area is 177 Å². The first-order valence-electron chi connectivity index (χ1n) is 9.45. The maximum absolute atomic E-state index is 12.9. The molecule has 0 spiro atoms. The van der Waals surface area contributed by atoms with E-state index in [0.717, 1.165) is 25.0 Å². The molecule has 10 heteroatoms. The van der Waals surface area contributed by atoms with Crippen molar-refractivity contribution in [3.8, 4) is 0 Å². The van der Waals surface area contributed by atoms with E-state index >= 15 is 0 Å². The van der Waals surface area contributed by atoms with Crippen LogP contribution in [0.25, 0.3) is 0 Å². The third-order valence-electron chi connectivity index (χ3n) is 4.99. The van der Waals surface area contributed by atoms with Crippen LogP contribution < -0.4 is 5.32 Å². The monoisotopic (exact) mass is 461 g/mol. The minimum atomic E-state index is -5.57. The van der Waals surface area contributed by atoms with Gasteiger partial charge in [0.05, 0.1) is 17.2 Å². The summed E-state index contributed by atoms with van der Waals surface area (Å²) < 4.78 is 76.7. The highest BCUT2D eigenvalue weighted by Gasteiger charge is 2.61. The highest BCUT2D eigenvalue weighted by atomic mass is 32.2. The molecule has 168 valence electrons. The average Bonchev–Trinajstić information content (AvgIpc) is 3.51. The molecule has 1 fully saturated rings. The van der Waals surface area contributed by atoms with Crippen LogP contribution in [0.2, 0.25) is 0 Å². The van der Waals surface area contributed by atoms with E-state index < -0.39 is 40.5 Å². The number of hydrogen-bond acceptors (Lipinski definition) is 3.